The topological polar surface area (TPSA) is 55.2 Å². The minimum absolute atomic E-state index is 0.515. The Morgan fingerprint density at radius 1 is 1.40 bits per heavy atom. The number of aromatic amines is 1. The van der Waals surface area contributed by atoms with Gasteiger partial charge >= 0.3 is 0 Å². The number of nitrogens with zero attached hydrogens (tertiary/aromatic N) is 3. The standard InChI is InChI=1S/C14H18N4OS/c1-3-4-5-13-16-17-14(20)18(13)15-10-11-6-8-12(19-2)9-7-11/h6-10H,3-5H2,1-2H3,(H,17,20)/b15-10-. The Morgan fingerprint density at radius 2 is 2.15 bits per heavy atom. The van der Waals surface area contributed by atoms with Crippen molar-refractivity contribution in [2.75, 3.05) is 7.11 Å². The first kappa shape index (κ1) is 14.5. The molecule has 1 aromatic heterocycles. The number of nitrogens with one attached hydrogen (secondary N) is 1. The van der Waals surface area contributed by atoms with E-state index in [2.05, 4.69) is 22.2 Å². The average molecular weight is 290 g/mol. The van der Waals surface area contributed by atoms with Gasteiger partial charge in [0.25, 0.3) is 0 Å². The van der Waals surface area contributed by atoms with Crippen molar-refractivity contribution in [3.8, 4) is 5.75 Å². The number of aromatic nitrogens is 3. The van der Waals surface area contributed by atoms with E-state index in [0.29, 0.717) is 4.77 Å². The van der Waals surface area contributed by atoms with Crippen LogP contribution in [0.15, 0.2) is 29.4 Å². The molecule has 0 aliphatic carbocycles. The number of ether oxygens (including phenoxy) is 1. The normalized spacial score (nSPS) is 11.1. The zero-order valence-electron chi connectivity index (χ0n) is 11.7. The Kier molecular flexibility index (Phi) is 5.06. The number of methoxy groups -OCH3 is 1. The van der Waals surface area contributed by atoms with Gasteiger partial charge in [0.2, 0.25) is 4.77 Å². The Morgan fingerprint density at radius 3 is 2.80 bits per heavy atom. The van der Waals surface area contributed by atoms with Crippen LogP contribution in [-0.2, 0) is 6.42 Å². The molecular formula is C14H18N4OS. The summed E-state index contributed by atoms with van der Waals surface area (Å²) in [5.41, 5.74) is 0.982. The highest BCUT2D eigenvalue weighted by atomic mass is 32.1. The molecule has 6 heteroatoms. The fourth-order valence-electron chi connectivity index (χ4n) is 1.75. The molecule has 0 unspecified atom stereocenters. The largest absolute Gasteiger partial charge is 0.497 e. The lowest BCUT2D eigenvalue weighted by atomic mass is 10.2. The molecule has 106 valence electrons. The third kappa shape index (κ3) is 3.54. The summed E-state index contributed by atoms with van der Waals surface area (Å²) >= 11 is 5.19. The molecule has 5 nitrogen and oxygen atoms in total. The molecule has 0 radical (unpaired) electrons. The quantitative estimate of drug-likeness (QED) is 0.656. The summed E-state index contributed by atoms with van der Waals surface area (Å²) in [5.74, 6) is 1.69. The molecule has 1 aromatic carbocycles. The van der Waals surface area contributed by atoms with Gasteiger partial charge in [0.05, 0.1) is 13.3 Å². The Hall–Kier alpha value is -1.95. The second kappa shape index (κ2) is 7.00. The van der Waals surface area contributed by atoms with Crippen LogP contribution >= 0.6 is 12.2 Å². The molecule has 1 N–H and O–H groups in total. The van der Waals surface area contributed by atoms with Crippen LogP contribution in [0.25, 0.3) is 0 Å². The smallest absolute Gasteiger partial charge is 0.216 e. The maximum absolute atomic E-state index is 5.19. The van der Waals surface area contributed by atoms with Crippen LogP contribution in [0.3, 0.4) is 0 Å². The molecule has 0 bridgehead atoms. The van der Waals surface area contributed by atoms with Crippen molar-refractivity contribution in [2.45, 2.75) is 26.2 Å². The number of hydrogen-bond acceptors (Lipinski definition) is 4. The van der Waals surface area contributed by atoms with Gasteiger partial charge in [0.15, 0.2) is 5.82 Å². The molecule has 0 atom stereocenters. The van der Waals surface area contributed by atoms with Gasteiger partial charge in [0.1, 0.15) is 5.75 Å². The second-order valence-electron chi connectivity index (χ2n) is 4.38. The van der Waals surface area contributed by atoms with Crippen LogP contribution in [0.1, 0.15) is 31.2 Å². The van der Waals surface area contributed by atoms with Crippen molar-refractivity contribution >= 4 is 18.4 Å². The van der Waals surface area contributed by atoms with Crippen molar-refractivity contribution in [1.82, 2.24) is 14.9 Å². The first-order chi connectivity index (χ1) is 9.74. The summed E-state index contributed by atoms with van der Waals surface area (Å²) in [7, 11) is 1.65. The van der Waals surface area contributed by atoms with Gasteiger partial charge in [-0.25, -0.2) is 0 Å². The van der Waals surface area contributed by atoms with E-state index in [1.165, 1.54) is 0 Å². The van der Waals surface area contributed by atoms with E-state index >= 15 is 0 Å². The summed E-state index contributed by atoms with van der Waals surface area (Å²) in [4.78, 5) is 0. The number of aryl methyl sites for hydroxylation is 1. The van der Waals surface area contributed by atoms with Gasteiger partial charge in [-0.05, 0) is 48.5 Å². The maximum Gasteiger partial charge on any atom is 0.216 e. The SMILES string of the molecule is CCCCc1n[nH]c(=S)n1/N=C\c1ccc(OC)cc1. The van der Waals surface area contributed by atoms with Crippen molar-refractivity contribution in [2.24, 2.45) is 5.10 Å². The molecule has 2 aromatic rings. The summed E-state index contributed by atoms with van der Waals surface area (Å²) < 4.78 is 7.31. The summed E-state index contributed by atoms with van der Waals surface area (Å²) in [6.45, 7) is 2.15. The van der Waals surface area contributed by atoms with Crippen LogP contribution < -0.4 is 4.74 Å². The molecule has 0 saturated heterocycles. The molecule has 20 heavy (non-hydrogen) atoms. The molecule has 0 saturated carbocycles. The Bertz CT molecular complexity index is 627. The molecular weight excluding hydrogens is 272 g/mol. The number of hydrogen-bond donors (Lipinski definition) is 1. The van der Waals surface area contributed by atoms with Crippen molar-refractivity contribution < 1.29 is 4.74 Å². The van der Waals surface area contributed by atoms with Crippen LogP contribution in [-0.4, -0.2) is 28.2 Å². The van der Waals surface area contributed by atoms with Crippen molar-refractivity contribution in [3.05, 3.63) is 40.4 Å². The van der Waals surface area contributed by atoms with Crippen LogP contribution in [0.4, 0.5) is 0 Å². The number of unbranched alkanes of at least 4 members (excludes halogenated alkanes) is 1. The zero-order chi connectivity index (χ0) is 14.4. The zero-order valence-corrected chi connectivity index (χ0v) is 12.5. The predicted molar refractivity (Wildman–Crippen MR) is 82.0 cm³/mol. The van der Waals surface area contributed by atoms with E-state index in [0.717, 1.165) is 36.4 Å². The Balaban J connectivity index is 2.17. The number of H-pyrrole nitrogens is 1. The minimum Gasteiger partial charge on any atom is -0.497 e. The second-order valence-corrected chi connectivity index (χ2v) is 4.76. The molecule has 0 amide bonds. The first-order valence-corrected chi connectivity index (χ1v) is 7.00. The summed E-state index contributed by atoms with van der Waals surface area (Å²) in [6.07, 6.45) is 4.81. The molecule has 0 aliphatic rings. The van der Waals surface area contributed by atoms with Gasteiger partial charge in [-0.2, -0.15) is 14.9 Å². The van der Waals surface area contributed by atoms with E-state index in [4.69, 9.17) is 17.0 Å². The number of benzene rings is 1. The molecule has 1 heterocycles. The highest BCUT2D eigenvalue weighted by Crippen LogP contribution is 2.10. The fraction of sp³-hybridized carbons (Fsp3) is 0.357. The Labute approximate surface area is 123 Å². The van der Waals surface area contributed by atoms with E-state index < -0.39 is 0 Å². The van der Waals surface area contributed by atoms with Gasteiger partial charge in [-0.3, -0.25) is 5.10 Å². The van der Waals surface area contributed by atoms with E-state index in [-0.39, 0.29) is 0 Å². The minimum atomic E-state index is 0.515. The molecule has 2 rings (SSSR count). The maximum atomic E-state index is 5.19. The van der Waals surface area contributed by atoms with E-state index in [1.807, 2.05) is 24.3 Å². The lowest BCUT2D eigenvalue weighted by Crippen LogP contribution is -1.99. The van der Waals surface area contributed by atoms with Crippen molar-refractivity contribution in [1.29, 1.82) is 0 Å². The third-order valence-electron chi connectivity index (χ3n) is 2.91. The monoisotopic (exact) mass is 290 g/mol. The van der Waals surface area contributed by atoms with Gasteiger partial charge in [-0.1, -0.05) is 13.3 Å². The molecule has 0 spiro atoms. The highest BCUT2D eigenvalue weighted by molar-refractivity contribution is 7.71. The van der Waals surface area contributed by atoms with Crippen LogP contribution in [0, 0.1) is 4.77 Å². The van der Waals surface area contributed by atoms with Crippen LogP contribution in [0.2, 0.25) is 0 Å². The summed E-state index contributed by atoms with van der Waals surface area (Å²) in [6, 6.07) is 7.68. The van der Waals surface area contributed by atoms with Gasteiger partial charge in [-0.15, -0.1) is 0 Å². The fourth-order valence-corrected chi connectivity index (χ4v) is 1.95. The average Bonchev–Trinajstić information content (AvgIpc) is 2.84. The lowest BCUT2D eigenvalue weighted by molar-refractivity contribution is 0.415. The lowest BCUT2D eigenvalue weighted by Gasteiger charge is -2.00. The van der Waals surface area contributed by atoms with E-state index in [1.54, 1.807) is 18.0 Å². The van der Waals surface area contributed by atoms with Crippen molar-refractivity contribution in [3.63, 3.8) is 0 Å². The predicted octanol–water partition coefficient (Wildman–Crippen LogP) is 3.17. The van der Waals surface area contributed by atoms with E-state index in [9.17, 15) is 0 Å². The third-order valence-corrected chi connectivity index (χ3v) is 3.17. The molecule has 0 fully saturated rings. The van der Waals surface area contributed by atoms with Crippen LogP contribution in [0.5, 0.6) is 5.75 Å². The van der Waals surface area contributed by atoms with Gasteiger partial charge < -0.3 is 4.74 Å². The first-order valence-electron chi connectivity index (χ1n) is 6.59. The van der Waals surface area contributed by atoms with Gasteiger partial charge in [0, 0.05) is 6.42 Å². The molecule has 0 aliphatic heterocycles. The highest BCUT2D eigenvalue weighted by Gasteiger charge is 2.03. The summed E-state index contributed by atoms with van der Waals surface area (Å²) in [5, 5.41) is 11.4. The number of rotatable bonds is 6.